The van der Waals surface area contributed by atoms with E-state index in [-0.39, 0.29) is 6.04 Å². The summed E-state index contributed by atoms with van der Waals surface area (Å²) >= 11 is 0. The summed E-state index contributed by atoms with van der Waals surface area (Å²) in [6, 6.07) is 0.158. The van der Waals surface area contributed by atoms with Gasteiger partial charge in [-0.3, -0.25) is 4.21 Å². The van der Waals surface area contributed by atoms with Crippen LogP contribution >= 0.6 is 0 Å². The van der Waals surface area contributed by atoms with Crippen molar-refractivity contribution in [3.05, 3.63) is 0 Å². The molecule has 3 atom stereocenters. The second-order valence-corrected chi connectivity index (χ2v) is 6.11. The first kappa shape index (κ1) is 16.0. The van der Waals surface area contributed by atoms with E-state index in [0.29, 0.717) is 31.4 Å². The Morgan fingerprint density at radius 3 is 2.44 bits per heavy atom. The Balaban J connectivity index is 3.49. The molecule has 4 nitrogen and oxygen atoms in total. The van der Waals surface area contributed by atoms with E-state index in [2.05, 4.69) is 19.2 Å². The summed E-state index contributed by atoms with van der Waals surface area (Å²) < 4.78 is 16.2. The van der Waals surface area contributed by atoms with E-state index in [9.17, 15) is 9.32 Å². The third kappa shape index (κ3) is 10.5. The van der Waals surface area contributed by atoms with Gasteiger partial charge in [-0.25, -0.2) is 0 Å². The number of aliphatic hydroxyl groups excluding tert-OH is 1. The van der Waals surface area contributed by atoms with Crippen LogP contribution in [0.3, 0.4) is 0 Å². The maximum Gasteiger partial charge on any atom is 0.0897 e. The van der Waals surface area contributed by atoms with Crippen LogP contribution in [0.15, 0.2) is 0 Å². The van der Waals surface area contributed by atoms with E-state index in [1.54, 1.807) is 6.26 Å². The zero-order valence-electron chi connectivity index (χ0n) is 10.7. The van der Waals surface area contributed by atoms with Crippen LogP contribution in [0.1, 0.15) is 20.8 Å². The molecule has 0 amide bonds. The normalized spacial score (nSPS) is 17.4. The van der Waals surface area contributed by atoms with Gasteiger partial charge in [0.15, 0.2) is 0 Å². The van der Waals surface area contributed by atoms with E-state index in [1.165, 1.54) is 0 Å². The Bertz CT molecular complexity index is 200. The van der Waals surface area contributed by atoms with Gasteiger partial charge >= 0.3 is 0 Å². The first-order valence-electron chi connectivity index (χ1n) is 5.71. The molecular formula is C11H25NO3S. The maximum atomic E-state index is 10.9. The summed E-state index contributed by atoms with van der Waals surface area (Å²) in [5.41, 5.74) is 0. The fourth-order valence-electron chi connectivity index (χ4n) is 1.25. The van der Waals surface area contributed by atoms with Crippen molar-refractivity contribution in [2.45, 2.75) is 32.9 Å². The summed E-state index contributed by atoms with van der Waals surface area (Å²) in [6.07, 6.45) is 1.19. The lowest BCUT2D eigenvalue weighted by molar-refractivity contribution is 0.0254. The second kappa shape index (κ2) is 9.10. The lowest BCUT2D eigenvalue weighted by atomic mass is 10.2. The highest BCUT2D eigenvalue weighted by molar-refractivity contribution is 7.84. The van der Waals surface area contributed by atoms with Gasteiger partial charge in [0.25, 0.3) is 0 Å². The van der Waals surface area contributed by atoms with E-state index in [1.807, 2.05) is 6.92 Å². The monoisotopic (exact) mass is 251 g/mol. The molecule has 98 valence electrons. The summed E-state index contributed by atoms with van der Waals surface area (Å²) in [6.45, 7) is 7.62. The first-order chi connectivity index (χ1) is 7.41. The van der Waals surface area contributed by atoms with Crippen molar-refractivity contribution in [2.75, 3.05) is 31.8 Å². The fraction of sp³-hybridized carbons (Fsp3) is 1.00. The average molecular weight is 251 g/mol. The molecule has 0 radical (unpaired) electrons. The molecule has 0 spiro atoms. The lowest BCUT2D eigenvalue weighted by Gasteiger charge is -2.16. The quantitative estimate of drug-likeness (QED) is 0.622. The molecule has 0 aromatic rings. The minimum Gasteiger partial charge on any atom is -0.389 e. The van der Waals surface area contributed by atoms with Gasteiger partial charge in [0.05, 0.1) is 12.7 Å². The summed E-state index contributed by atoms with van der Waals surface area (Å²) in [5, 5.41) is 12.7. The van der Waals surface area contributed by atoms with Gasteiger partial charge < -0.3 is 15.2 Å². The van der Waals surface area contributed by atoms with Crippen molar-refractivity contribution in [1.29, 1.82) is 0 Å². The predicted octanol–water partition coefficient (Wildman–Crippen LogP) is 0.377. The molecule has 0 heterocycles. The van der Waals surface area contributed by atoms with Crippen LogP contribution in [-0.2, 0) is 15.5 Å². The maximum absolute atomic E-state index is 10.9. The van der Waals surface area contributed by atoms with E-state index < -0.39 is 16.9 Å². The molecule has 0 aromatic carbocycles. The summed E-state index contributed by atoms with van der Waals surface area (Å²) in [5.74, 6) is 1.10. The zero-order chi connectivity index (χ0) is 12.6. The van der Waals surface area contributed by atoms with Crippen molar-refractivity contribution in [3.8, 4) is 0 Å². The van der Waals surface area contributed by atoms with Crippen LogP contribution in [0.2, 0.25) is 0 Å². The first-order valence-corrected chi connectivity index (χ1v) is 7.43. The predicted molar refractivity (Wildman–Crippen MR) is 68.1 cm³/mol. The molecule has 2 N–H and O–H groups in total. The molecule has 0 aliphatic carbocycles. The minimum absolute atomic E-state index is 0.158. The highest BCUT2D eigenvalue weighted by Gasteiger charge is 2.08. The Labute approximate surface area is 101 Å². The SMILES string of the molecule is CC(C)COCC(O)CNC(C)CS(C)=O. The van der Waals surface area contributed by atoms with Crippen LogP contribution < -0.4 is 5.32 Å². The van der Waals surface area contributed by atoms with Crippen molar-refractivity contribution >= 4 is 10.8 Å². The molecule has 0 rings (SSSR count). The molecule has 16 heavy (non-hydrogen) atoms. The molecular weight excluding hydrogens is 226 g/mol. The van der Waals surface area contributed by atoms with Crippen LogP contribution in [0.5, 0.6) is 0 Å². The van der Waals surface area contributed by atoms with Gasteiger partial charge in [0, 0.05) is 42.0 Å². The standard InChI is InChI=1S/C11H25NO3S/c1-9(2)6-15-7-11(13)5-12-10(3)8-16(4)14/h9-13H,5-8H2,1-4H3. The van der Waals surface area contributed by atoms with Crippen LogP contribution in [0.4, 0.5) is 0 Å². The van der Waals surface area contributed by atoms with Gasteiger partial charge in [0.1, 0.15) is 0 Å². The van der Waals surface area contributed by atoms with E-state index in [0.717, 1.165) is 0 Å². The van der Waals surface area contributed by atoms with Crippen LogP contribution in [0.25, 0.3) is 0 Å². The van der Waals surface area contributed by atoms with E-state index in [4.69, 9.17) is 4.74 Å². The van der Waals surface area contributed by atoms with Gasteiger partial charge in [-0.2, -0.15) is 0 Å². The van der Waals surface area contributed by atoms with E-state index >= 15 is 0 Å². The molecule has 0 aliphatic heterocycles. The number of rotatable bonds is 9. The van der Waals surface area contributed by atoms with Gasteiger partial charge in [-0.1, -0.05) is 13.8 Å². The van der Waals surface area contributed by atoms with Gasteiger partial charge in [-0.05, 0) is 12.8 Å². The molecule has 0 fully saturated rings. The Morgan fingerprint density at radius 1 is 1.31 bits per heavy atom. The highest BCUT2D eigenvalue weighted by atomic mass is 32.2. The Hall–Kier alpha value is 0.0300. The van der Waals surface area contributed by atoms with Crippen LogP contribution in [0, 0.1) is 5.92 Å². The number of ether oxygens (including phenoxy) is 1. The second-order valence-electron chi connectivity index (χ2n) is 4.63. The molecule has 0 bridgehead atoms. The van der Waals surface area contributed by atoms with Gasteiger partial charge in [-0.15, -0.1) is 0 Å². The molecule has 0 saturated carbocycles. The number of hydrogen-bond acceptors (Lipinski definition) is 4. The van der Waals surface area contributed by atoms with Crippen molar-refractivity contribution in [2.24, 2.45) is 5.92 Å². The van der Waals surface area contributed by atoms with Crippen LogP contribution in [-0.4, -0.2) is 53.2 Å². The third-order valence-electron chi connectivity index (χ3n) is 1.95. The number of hydrogen-bond donors (Lipinski definition) is 2. The van der Waals surface area contributed by atoms with Crippen molar-refractivity contribution in [3.63, 3.8) is 0 Å². The Kier molecular flexibility index (Phi) is 9.12. The largest absolute Gasteiger partial charge is 0.389 e. The molecule has 3 unspecified atom stereocenters. The zero-order valence-corrected chi connectivity index (χ0v) is 11.5. The molecule has 0 saturated heterocycles. The molecule has 0 aromatic heterocycles. The summed E-state index contributed by atoms with van der Waals surface area (Å²) in [7, 11) is -0.797. The average Bonchev–Trinajstić information content (AvgIpc) is 2.13. The topological polar surface area (TPSA) is 58.6 Å². The minimum atomic E-state index is -0.797. The van der Waals surface area contributed by atoms with Crippen molar-refractivity contribution in [1.82, 2.24) is 5.32 Å². The number of aliphatic hydroxyl groups is 1. The fourth-order valence-corrected chi connectivity index (χ4v) is 2.07. The lowest BCUT2D eigenvalue weighted by Crippen LogP contribution is -2.38. The number of nitrogens with one attached hydrogen (secondary N) is 1. The summed E-state index contributed by atoms with van der Waals surface area (Å²) in [4.78, 5) is 0. The highest BCUT2D eigenvalue weighted by Crippen LogP contribution is 1.94. The third-order valence-corrected chi connectivity index (χ3v) is 2.92. The smallest absolute Gasteiger partial charge is 0.0897 e. The molecule has 0 aliphatic rings. The molecule has 5 heteroatoms. The Morgan fingerprint density at radius 2 is 1.94 bits per heavy atom. The van der Waals surface area contributed by atoms with Gasteiger partial charge in [0.2, 0.25) is 0 Å². The van der Waals surface area contributed by atoms with Crippen molar-refractivity contribution < 1.29 is 14.1 Å².